The van der Waals surface area contributed by atoms with Crippen LogP contribution in [0.3, 0.4) is 0 Å². The first-order valence-corrected chi connectivity index (χ1v) is 6.05. The number of aryl methyl sites for hydroxylation is 2. The monoisotopic (exact) mass is 267 g/mol. The minimum absolute atomic E-state index is 0.0418. The van der Waals surface area contributed by atoms with Gasteiger partial charge in [-0.2, -0.15) is 10.5 Å². The Hall–Kier alpha value is -2.86. The molecule has 1 aromatic carbocycles. The first-order chi connectivity index (χ1) is 9.67. The van der Waals surface area contributed by atoms with Gasteiger partial charge in [0.1, 0.15) is 30.7 Å². The van der Waals surface area contributed by atoms with Crippen LogP contribution in [0, 0.1) is 36.5 Å². The summed E-state index contributed by atoms with van der Waals surface area (Å²) in [4.78, 5) is 0. The Balaban J connectivity index is 2.25. The molecule has 20 heavy (non-hydrogen) atoms. The van der Waals surface area contributed by atoms with Crippen molar-refractivity contribution in [1.82, 2.24) is 15.0 Å². The van der Waals surface area contributed by atoms with Crippen LogP contribution >= 0.6 is 0 Å². The second-order valence-electron chi connectivity index (χ2n) is 4.32. The molecule has 1 heterocycles. The number of nitrogens with zero attached hydrogens (tertiary/aromatic N) is 5. The predicted molar refractivity (Wildman–Crippen MR) is 70.6 cm³/mol. The standard InChI is InChI=1S/C14H13N5O/c1-10-4-3-5-11(2)14(10)20-9-13-12(8-16)17-18-19(13)7-6-15/h3-5H,7,9H2,1-2H3. The summed E-state index contributed by atoms with van der Waals surface area (Å²) >= 11 is 0. The molecule has 100 valence electrons. The second-order valence-corrected chi connectivity index (χ2v) is 4.32. The molecule has 1 aromatic heterocycles. The largest absolute Gasteiger partial charge is 0.487 e. The number of hydrogen-bond acceptors (Lipinski definition) is 5. The van der Waals surface area contributed by atoms with Gasteiger partial charge < -0.3 is 4.74 Å². The van der Waals surface area contributed by atoms with E-state index in [-0.39, 0.29) is 18.8 Å². The Morgan fingerprint density at radius 2 is 1.95 bits per heavy atom. The highest BCUT2D eigenvalue weighted by molar-refractivity contribution is 5.40. The van der Waals surface area contributed by atoms with Crippen molar-refractivity contribution in [2.45, 2.75) is 27.0 Å². The minimum Gasteiger partial charge on any atom is -0.487 e. The molecule has 0 N–H and O–H groups in total. The maximum absolute atomic E-state index is 9.00. The molecule has 0 radical (unpaired) electrons. The van der Waals surface area contributed by atoms with Crippen molar-refractivity contribution in [3.63, 3.8) is 0 Å². The molecular weight excluding hydrogens is 254 g/mol. The number of benzene rings is 1. The maximum Gasteiger partial charge on any atom is 0.189 e. The number of aromatic nitrogens is 3. The van der Waals surface area contributed by atoms with Gasteiger partial charge in [-0.05, 0) is 25.0 Å². The third-order valence-electron chi connectivity index (χ3n) is 2.93. The lowest BCUT2D eigenvalue weighted by Gasteiger charge is -2.12. The van der Waals surface area contributed by atoms with Gasteiger partial charge in [0, 0.05) is 0 Å². The molecule has 0 saturated heterocycles. The summed E-state index contributed by atoms with van der Waals surface area (Å²) in [6.07, 6.45) is 0. The van der Waals surface area contributed by atoms with E-state index >= 15 is 0 Å². The van der Waals surface area contributed by atoms with E-state index in [0.29, 0.717) is 5.69 Å². The van der Waals surface area contributed by atoms with E-state index in [4.69, 9.17) is 15.3 Å². The maximum atomic E-state index is 9.00. The lowest BCUT2D eigenvalue weighted by molar-refractivity contribution is 0.289. The van der Waals surface area contributed by atoms with Crippen molar-refractivity contribution in [1.29, 1.82) is 10.5 Å². The van der Waals surface area contributed by atoms with Crippen LogP contribution in [0.1, 0.15) is 22.5 Å². The quantitative estimate of drug-likeness (QED) is 0.843. The number of hydrogen-bond donors (Lipinski definition) is 0. The van der Waals surface area contributed by atoms with Crippen LogP contribution in [-0.2, 0) is 13.2 Å². The van der Waals surface area contributed by atoms with Crippen molar-refractivity contribution >= 4 is 0 Å². The first-order valence-electron chi connectivity index (χ1n) is 6.05. The van der Waals surface area contributed by atoms with E-state index in [1.54, 1.807) is 0 Å². The Labute approximate surface area is 116 Å². The highest BCUT2D eigenvalue weighted by Gasteiger charge is 2.14. The van der Waals surface area contributed by atoms with E-state index < -0.39 is 0 Å². The third-order valence-corrected chi connectivity index (χ3v) is 2.93. The van der Waals surface area contributed by atoms with Gasteiger partial charge in [-0.1, -0.05) is 23.4 Å². The average Bonchev–Trinajstić information content (AvgIpc) is 2.81. The summed E-state index contributed by atoms with van der Waals surface area (Å²) in [6, 6.07) is 9.81. The van der Waals surface area contributed by atoms with Crippen LogP contribution in [0.2, 0.25) is 0 Å². The van der Waals surface area contributed by atoms with Gasteiger partial charge in [0.15, 0.2) is 5.69 Å². The van der Waals surface area contributed by atoms with Gasteiger partial charge in [-0.25, -0.2) is 4.68 Å². The van der Waals surface area contributed by atoms with E-state index in [0.717, 1.165) is 16.9 Å². The van der Waals surface area contributed by atoms with Crippen LogP contribution < -0.4 is 4.74 Å². The number of nitriles is 2. The summed E-state index contributed by atoms with van der Waals surface area (Å²) in [5.74, 6) is 0.779. The molecule has 6 heteroatoms. The van der Waals surface area contributed by atoms with Gasteiger partial charge in [0.05, 0.1) is 6.07 Å². The second kappa shape index (κ2) is 5.85. The highest BCUT2D eigenvalue weighted by Crippen LogP contribution is 2.23. The molecule has 0 saturated carbocycles. The van der Waals surface area contributed by atoms with Crippen LogP contribution in [0.25, 0.3) is 0 Å². The Morgan fingerprint density at radius 1 is 1.25 bits per heavy atom. The van der Waals surface area contributed by atoms with Gasteiger partial charge in [0.2, 0.25) is 0 Å². The van der Waals surface area contributed by atoms with Gasteiger partial charge in [-0.3, -0.25) is 0 Å². The smallest absolute Gasteiger partial charge is 0.189 e. The normalized spacial score (nSPS) is 9.80. The van der Waals surface area contributed by atoms with Crippen LogP contribution in [-0.4, -0.2) is 15.0 Å². The fraction of sp³-hybridized carbons (Fsp3) is 0.286. The summed E-state index contributed by atoms with van der Waals surface area (Å²) in [5.41, 5.74) is 2.73. The molecule has 0 fully saturated rings. The Kier molecular flexibility index (Phi) is 3.97. The lowest BCUT2D eigenvalue weighted by atomic mass is 10.1. The summed E-state index contributed by atoms with van der Waals surface area (Å²) in [6.45, 7) is 4.11. The zero-order chi connectivity index (χ0) is 14.5. The molecule has 0 bridgehead atoms. The lowest BCUT2D eigenvalue weighted by Crippen LogP contribution is -2.09. The fourth-order valence-corrected chi connectivity index (χ4v) is 1.92. The molecule has 0 amide bonds. The van der Waals surface area contributed by atoms with Crippen molar-refractivity contribution in [3.05, 3.63) is 40.7 Å². The first kappa shape index (κ1) is 13.6. The number of rotatable bonds is 4. The summed E-state index contributed by atoms with van der Waals surface area (Å²) < 4.78 is 7.16. The predicted octanol–water partition coefficient (Wildman–Crippen LogP) is 1.87. The molecule has 0 aliphatic rings. The Bertz CT molecular complexity index is 685. The van der Waals surface area contributed by atoms with Crippen molar-refractivity contribution < 1.29 is 4.74 Å². The van der Waals surface area contributed by atoms with E-state index in [2.05, 4.69) is 10.3 Å². The third kappa shape index (κ3) is 2.60. The molecule has 0 aliphatic heterocycles. The zero-order valence-electron chi connectivity index (χ0n) is 11.3. The number of para-hydroxylation sites is 1. The van der Waals surface area contributed by atoms with E-state index in [9.17, 15) is 0 Å². The van der Waals surface area contributed by atoms with Gasteiger partial charge in [0.25, 0.3) is 0 Å². The summed E-state index contributed by atoms with van der Waals surface area (Å²) in [5, 5.41) is 25.2. The molecule has 0 spiro atoms. The highest BCUT2D eigenvalue weighted by atomic mass is 16.5. The topological polar surface area (TPSA) is 87.5 Å². The average molecular weight is 267 g/mol. The van der Waals surface area contributed by atoms with Gasteiger partial charge in [-0.15, -0.1) is 5.10 Å². The molecule has 0 unspecified atom stereocenters. The summed E-state index contributed by atoms with van der Waals surface area (Å²) in [7, 11) is 0. The van der Waals surface area contributed by atoms with Gasteiger partial charge >= 0.3 is 0 Å². The number of ether oxygens (including phenoxy) is 1. The molecule has 6 nitrogen and oxygen atoms in total. The SMILES string of the molecule is Cc1cccc(C)c1OCc1c(C#N)nnn1CC#N. The van der Waals surface area contributed by atoms with Crippen LogP contribution in [0.5, 0.6) is 5.75 Å². The van der Waals surface area contributed by atoms with Crippen molar-refractivity contribution in [2.75, 3.05) is 0 Å². The molecule has 0 atom stereocenters. The van der Waals surface area contributed by atoms with Crippen molar-refractivity contribution in [3.8, 4) is 17.9 Å². The van der Waals surface area contributed by atoms with Crippen LogP contribution in [0.4, 0.5) is 0 Å². The van der Waals surface area contributed by atoms with Crippen molar-refractivity contribution in [2.24, 2.45) is 0 Å². The van der Waals surface area contributed by atoms with E-state index in [1.807, 2.05) is 44.2 Å². The molecular formula is C14H13N5O. The zero-order valence-corrected chi connectivity index (χ0v) is 11.3. The fourth-order valence-electron chi connectivity index (χ4n) is 1.92. The Morgan fingerprint density at radius 3 is 2.55 bits per heavy atom. The van der Waals surface area contributed by atoms with Crippen LogP contribution in [0.15, 0.2) is 18.2 Å². The minimum atomic E-state index is 0.0418. The molecule has 2 aromatic rings. The molecule has 2 rings (SSSR count). The molecule has 0 aliphatic carbocycles. The van der Waals surface area contributed by atoms with E-state index in [1.165, 1.54) is 4.68 Å².